The molecular weight excluding hydrogens is 316 g/mol. The summed E-state index contributed by atoms with van der Waals surface area (Å²) in [5, 5.41) is 3.06. The lowest BCUT2D eigenvalue weighted by atomic mass is 10.1. The lowest BCUT2D eigenvalue weighted by molar-refractivity contribution is -0.117. The molecule has 1 amide bonds. The molecule has 3 rings (SSSR count). The summed E-state index contributed by atoms with van der Waals surface area (Å²) >= 11 is 0. The van der Waals surface area contributed by atoms with Crippen LogP contribution in [-0.2, 0) is 14.8 Å². The predicted molar refractivity (Wildman–Crippen MR) is 88.4 cm³/mol. The number of carbonyl (C=O) groups is 1. The molecule has 0 saturated carbocycles. The smallest absolute Gasteiger partial charge is 0.256 e. The SMILES string of the molecule is CC(C)N1CCC(NC(=O)C2=CN3CCS(=O)(=O)N=C3C=C2)C1. The van der Waals surface area contributed by atoms with Crippen LogP contribution in [0.25, 0.3) is 0 Å². The van der Waals surface area contributed by atoms with E-state index in [9.17, 15) is 13.2 Å². The standard InChI is InChI=1S/C15H22N4O3S/c1-11(2)18-6-5-13(10-18)16-15(20)12-3-4-14-17-23(21,22)8-7-19(14)9-12/h3-4,9,11,13H,5-8,10H2,1-2H3,(H,16,20). The summed E-state index contributed by atoms with van der Waals surface area (Å²) in [6, 6.07) is 0.649. The molecule has 0 spiro atoms. The summed E-state index contributed by atoms with van der Waals surface area (Å²) in [4.78, 5) is 16.5. The van der Waals surface area contributed by atoms with Gasteiger partial charge in [-0.2, -0.15) is 0 Å². The van der Waals surface area contributed by atoms with Crippen molar-refractivity contribution >= 4 is 21.8 Å². The molecule has 1 N–H and O–H groups in total. The van der Waals surface area contributed by atoms with E-state index in [1.807, 2.05) is 0 Å². The van der Waals surface area contributed by atoms with E-state index in [0.29, 0.717) is 24.0 Å². The highest BCUT2D eigenvalue weighted by molar-refractivity contribution is 7.90. The van der Waals surface area contributed by atoms with Crippen molar-refractivity contribution in [3.8, 4) is 0 Å². The van der Waals surface area contributed by atoms with Crippen LogP contribution in [0.5, 0.6) is 0 Å². The molecule has 8 heteroatoms. The Morgan fingerprint density at radius 2 is 2.13 bits per heavy atom. The Balaban J connectivity index is 1.64. The van der Waals surface area contributed by atoms with Gasteiger partial charge in [0.05, 0.1) is 11.3 Å². The first kappa shape index (κ1) is 16.2. The number of hydrogen-bond acceptors (Lipinski definition) is 5. The maximum absolute atomic E-state index is 12.4. The molecule has 3 aliphatic rings. The molecule has 3 aliphatic heterocycles. The van der Waals surface area contributed by atoms with Gasteiger partial charge >= 0.3 is 0 Å². The number of likely N-dealkylation sites (tertiary alicyclic amines) is 1. The Kier molecular flexibility index (Phi) is 4.29. The number of fused-ring (bicyclic) bond motifs is 1. The Morgan fingerprint density at radius 1 is 1.35 bits per heavy atom. The Hall–Kier alpha value is -1.67. The monoisotopic (exact) mass is 338 g/mol. The van der Waals surface area contributed by atoms with Crippen LogP contribution in [0, 0.1) is 0 Å². The Labute approximate surface area is 136 Å². The number of amidine groups is 1. The molecule has 3 heterocycles. The van der Waals surface area contributed by atoms with Gasteiger partial charge in [0.2, 0.25) is 0 Å². The molecule has 1 atom stereocenters. The van der Waals surface area contributed by atoms with Crippen LogP contribution in [0.4, 0.5) is 0 Å². The first-order chi connectivity index (χ1) is 10.8. The lowest BCUT2D eigenvalue weighted by Crippen LogP contribution is -2.41. The molecule has 23 heavy (non-hydrogen) atoms. The molecule has 0 aromatic carbocycles. The molecule has 0 aliphatic carbocycles. The van der Waals surface area contributed by atoms with Gasteiger partial charge in [-0.3, -0.25) is 9.69 Å². The number of nitrogens with zero attached hydrogens (tertiary/aromatic N) is 3. The average molecular weight is 338 g/mol. The zero-order valence-electron chi connectivity index (χ0n) is 13.4. The van der Waals surface area contributed by atoms with Crippen LogP contribution in [0.15, 0.2) is 28.3 Å². The molecule has 7 nitrogen and oxygen atoms in total. The van der Waals surface area contributed by atoms with Gasteiger partial charge in [0.15, 0.2) is 0 Å². The van der Waals surface area contributed by atoms with Crippen LogP contribution in [0.2, 0.25) is 0 Å². The van der Waals surface area contributed by atoms with Crippen molar-refractivity contribution in [1.29, 1.82) is 0 Å². The number of amides is 1. The van der Waals surface area contributed by atoms with Crippen molar-refractivity contribution in [3.05, 3.63) is 23.9 Å². The van der Waals surface area contributed by atoms with Crippen LogP contribution in [-0.4, -0.2) is 67.4 Å². The second-order valence-corrected chi connectivity index (χ2v) is 8.15. The summed E-state index contributed by atoms with van der Waals surface area (Å²) in [5.41, 5.74) is 0.534. The van der Waals surface area contributed by atoms with E-state index in [4.69, 9.17) is 0 Å². The number of carbonyl (C=O) groups excluding carboxylic acids is 1. The number of rotatable bonds is 3. The van der Waals surface area contributed by atoms with E-state index >= 15 is 0 Å². The molecule has 0 aromatic heterocycles. The second-order valence-electron chi connectivity index (χ2n) is 6.39. The Bertz CT molecular complexity index is 694. The third kappa shape index (κ3) is 3.64. The highest BCUT2D eigenvalue weighted by Gasteiger charge is 2.28. The molecule has 0 aromatic rings. The minimum absolute atomic E-state index is 0.0261. The zero-order valence-corrected chi connectivity index (χ0v) is 14.2. The second kappa shape index (κ2) is 6.09. The molecular formula is C15H22N4O3S. The molecule has 0 radical (unpaired) electrons. The van der Waals surface area contributed by atoms with Crippen LogP contribution >= 0.6 is 0 Å². The minimum Gasteiger partial charge on any atom is -0.348 e. The van der Waals surface area contributed by atoms with Crippen molar-refractivity contribution < 1.29 is 13.2 Å². The zero-order chi connectivity index (χ0) is 16.6. The normalized spacial score (nSPS) is 26.7. The van der Waals surface area contributed by atoms with E-state index in [1.54, 1.807) is 23.3 Å². The van der Waals surface area contributed by atoms with Gasteiger partial charge in [0.1, 0.15) is 5.84 Å². The van der Waals surface area contributed by atoms with Gasteiger partial charge in [-0.05, 0) is 32.4 Å². The first-order valence-corrected chi connectivity index (χ1v) is 9.49. The van der Waals surface area contributed by atoms with Gasteiger partial charge in [-0.15, -0.1) is 4.40 Å². The van der Waals surface area contributed by atoms with Gasteiger partial charge in [0.25, 0.3) is 15.9 Å². The van der Waals surface area contributed by atoms with Gasteiger partial charge in [-0.1, -0.05) is 0 Å². The number of hydrogen-bond donors (Lipinski definition) is 1. The molecule has 1 saturated heterocycles. The summed E-state index contributed by atoms with van der Waals surface area (Å²) in [5.74, 6) is 0.228. The molecule has 1 fully saturated rings. The van der Waals surface area contributed by atoms with Crippen LogP contribution in [0.1, 0.15) is 20.3 Å². The van der Waals surface area contributed by atoms with E-state index in [-0.39, 0.29) is 17.7 Å². The predicted octanol–water partition coefficient (Wildman–Crippen LogP) is 0.0829. The van der Waals surface area contributed by atoms with E-state index in [2.05, 4.69) is 28.5 Å². The topological polar surface area (TPSA) is 82.1 Å². The van der Waals surface area contributed by atoms with Crippen molar-refractivity contribution in [2.24, 2.45) is 4.40 Å². The average Bonchev–Trinajstić information content (AvgIpc) is 2.94. The third-order valence-corrected chi connectivity index (χ3v) is 5.53. The fourth-order valence-electron chi connectivity index (χ4n) is 2.98. The summed E-state index contributed by atoms with van der Waals surface area (Å²) in [6.45, 7) is 6.50. The third-order valence-electron chi connectivity index (χ3n) is 4.37. The molecule has 0 bridgehead atoms. The number of sulfonamides is 1. The van der Waals surface area contributed by atoms with Crippen molar-refractivity contribution in [2.45, 2.75) is 32.4 Å². The van der Waals surface area contributed by atoms with Crippen molar-refractivity contribution in [3.63, 3.8) is 0 Å². The number of nitrogens with one attached hydrogen (secondary N) is 1. The van der Waals surface area contributed by atoms with E-state index in [1.165, 1.54) is 0 Å². The van der Waals surface area contributed by atoms with Crippen molar-refractivity contribution in [2.75, 3.05) is 25.4 Å². The van der Waals surface area contributed by atoms with Crippen LogP contribution in [0.3, 0.4) is 0 Å². The van der Waals surface area contributed by atoms with Gasteiger partial charge < -0.3 is 10.2 Å². The van der Waals surface area contributed by atoms with Gasteiger partial charge in [0, 0.05) is 37.9 Å². The van der Waals surface area contributed by atoms with Crippen LogP contribution < -0.4 is 5.32 Å². The van der Waals surface area contributed by atoms with E-state index < -0.39 is 10.0 Å². The maximum atomic E-state index is 12.4. The quantitative estimate of drug-likeness (QED) is 0.788. The maximum Gasteiger partial charge on any atom is 0.256 e. The molecule has 126 valence electrons. The van der Waals surface area contributed by atoms with Gasteiger partial charge in [-0.25, -0.2) is 8.42 Å². The van der Waals surface area contributed by atoms with Crippen molar-refractivity contribution in [1.82, 2.24) is 15.1 Å². The highest BCUT2D eigenvalue weighted by Crippen LogP contribution is 2.17. The van der Waals surface area contributed by atoms with E-state index in [0.717, 1.165) is 19.5 Å². The fourth-order valence-corrected chi connectivity index (χ4v) is 3.95. The largest absolute Gasteiger partial charge is 0.348 e. The summed E-state index contributed by atoms with van der Waals surface area (Å²) in [6.07, 6.45) is 5.84. The lowest BCUT2D eigenvalue weighted by Gasteiger charge is -2.27. The summed E-state index contributed by atoms with van der Waals surface area (Å²) < 4.78 is 26.7. The molecule has 1 unspecified atom stereocenters. The minimum atomic E-state index is -3.36. The first-order valence-electron chi connectivity index (χ1n) is 7.88. The highest BCUT2D eigenvalue weighted by atomic mass is 32.2. The fraction of sp³-hybridized carbons (Fsp3) is 0.600. The summed E-state index contributed by atoms with van der Waals surface area (Å²) in [7, 11) is -3.36. The Morgan fingerprint density at radius 3 is 2.83 bits per heavy atom.